The molecule has 1 saturated heterocycles. The van der Waals surface area contributed by atoms with Crippen molar-refractivity contribution in [3.05, 3.63) is 66.8 Å². The van der Waals surface area contributed by atoms with Crippen molar-refractivity contribution in [1.29, 1.82) is 0 Å². The molecule has 0 bridgehead atoms. The summed E-state index contributed by atoms with van der Waals surface area (Å²) in [5.74, 6) is 1.23. The summed E-state index contributed by atoms with van der Waals surface area (Å²) in [5, 5.41) is 7.15. The van der Waals surface area contributed by atoms with Crippen molar-refractivity contribution < 1.29 is 8.78 Å². The lowest BCUT2D eigenvalue weighted by molar-refractivity contribution is 0.144. The maximum Gasteiger partial charge on any atom is 0.282 e. The van der Waals surface area contributed by atoms with Gasteiger partial charge in [-0.15, -0.1) is 0 Å². The number of allylic oxidation sites excluding steroid dienone is 1. The molecule has 3 aromatic heterocycles. The molecule has 0 radical (unpaired) electrons. The van der Waals surface area contributed by atoms with Crippen molar-refractivity contribution in [2.45, 2.75) is 19.3 Å². The van der Waals surface area contributed by atoms with Crippen LogP contribution in [0.4, 0.5) is 14.6 Å². The predicted octanol–water partition coefficient (Wildman–Crippen LogP) is 4.23. The van der Waals surface area contributed by atoms with Gasteiger partial charge in [0, 0.05) is 37.8 Å². The van der Waals surface area contributed by atoms with Gasteiger partial charge in [0.05, 0.1) is 11.9 Å². The standard InChI is InChI=1S/C22H24F2N6/c1-3-15(12-25-2)17-5-4-10-29(14-17)21-11-16(8-9-26-21)19-13-27-20-7-6-18(22(23)24)28-30(19)20/h3,6-9,11-13,17,22,25H,1,4-5,10,14H2,2H3/b15-12+. The van der Waals surface area contributed by atoms with Crippen LogP contribution in [0.2, 0.25) is 0 Å². The molecule has 0 spiro atoms. The Bertz CT molecular complexity index is 1070. The van der Waals surface area contributed by atoms with E-state index in [0.717, 1.165) is 37.3 Å². The molecule has 4 rings (SSSR count). The van der Waals surface area contributed by atoms with Gasteiger partial charge < -0.3 is 10.2 Å². The number of anilines is 1. The van der Waals surface area contributed by atoms with E-state index in [9.17, 15) is 8.78 Å². The van der Waals surface area contributed by atoms with E-state index in [2.05, 4.69) is 31.9 Å². The normalized spacial score (nSPS) is 17.5. The molecule has 30 heavy (non-hydrogen) atoms. The number of piperidine rings is 1. The molecule has 0 saturated carbocycles. The Labute approximate surface area is 174 Å². The molecule has 0 amide bonds. The van der Waals surface area contributed by atoms with Gasteiger partial charge in [0.2, 0.25) is 0 Å². The van der Waals surface area contributed by atoms with Crippen molar-refractivity contribution in [3.63, 3.8) is 0 Å². The monoisotopic (exact) mass is 410 g/mol. The first-order valence-corrected chi connectivity index (χ1v) is 9.94. The van der Waals surface area contributed by atoms with Gasteiger partial charge in [-0.2, -0.15) is 5.10 Å². The van der Waals surface area contributed by atoms with E-state index in [1.54, 1.807) is 18.5 Å². The first-order chi connectivity index (χ1) is 14.6. The Kier molecular flexibility index (Phi) is 5.74. The fourth-order valence-corrected chi connectivity index (χ4v) is 3.92. The summed E-state index contributed by atoms with van der Waals surface area (Å²) in [4.78, 5) is 11.1. The molecule has 1 aliphatic rings. The van der Waals surface area contributed by atoms with Crippen LogP contribution in [0.15, 0.2) is 61.1 Å². The second kappa shape index (κ2) is 8.61. The third kappa shape index (κ3) is 3.90. The number of halogens is 2. The molecule has 6 nitrogen and oxygen atoms in total. The summed E-state index contributed by atoms with van der Waals surface area (Å²) < 4.78 is 27.7. The van der Waals surface area contributed by atoms with Crippen LogP contribution in [0.25, 0.3) is 16.9 Å². The fourth-order valence-electron chi connectivity index (χ4n) is 3.92. The van der Waals surface area contributed by atoms with E-state index in [4.69, 9.17) is 0 Å². The molecule has 156 valence electrons. The summed E-state index contributed by atoms with van der Waals surface area (Å²) in [5.41, 5.74) is 2.93. The average molecular weight is 410 g/mol. The Hall–Kier alpha value is -3.29. The highest BCUT2D eigenvalue weighted by Gasteiger charge is 2.23. The first kappa shape index (κ1) is 20.0. The van der Waals surface area contributed by atoms with Crippen LogP contribution in [-0.2, 0) is 0 Å². The lowest BCUT2D eigenvalue weighted by atomic mass is 9.90. The van der Waals surface area contributed by atoms with Crippen molar-refractivity contribution in [2.75, 3.05) is 25.0 Å². The second-order valence-corrected chi connectivity index (χ2v) is 7.30. The Morgan fingerprint density at radius 1 is 1.30 bits per heavy atom. The lowest BCUT2D eigenvalue weighted by Gasteiger charge is -2.34. The summed E-state index contributed by atoms with van der Waals surface area (Å²) in [6, 6.07) is 6.68. The summed E-state index contributed by atoms with van der Waals surface area (Å²) >= 11 is 0. The fraction of sp³-hybridized carbons (Fsp3) is 0.318. The number of aromatic nitrogens is 4. The molecular formula is C22H24F2N6. The van der Waals surface area contributed by atoms with Gasteiger partial charge in [0.15, 0.2) is 5.65 Å². The molecule has 1 N–H and O–H groups in total. The maximum absolute atomic E-state index is 13.1. The molecule has 1 atom stereocenters. The molecule has 0 aromatic carbocycles. The predicted molar refractivity (Wildman–Crippen MR) is 113 cm³/mol. The van der Waals surface area contributed by atoms with E-state index in [1.807, 2.05) is 31.5 Å². The van der Waals surface area contributed by atoms with Gasteiger partial charge >= 0.3 is 0 Å². The largest absolute Gasteiger partial charge is 0.394 e. The number of imidazole rings is 1. The lowest BCUT2D eigenvalue weighted by Crippen LogP contribution is -2.36. The highest BCUT2D eigenvalue weighted by Crippen LogP contribution is 2.29. The number of pyridine rings is 1. The Balaban J connectivity index is 1.65. The number of rotatable bonds is 6. The summed E-state index contributed by atoms with van der Waals surface area (Å²) in [7, 11) is 1.89. The number of hydrogen-bond acceptors (Lipinski definition) is 5. The molecule has 4 heterocycles. The van der Waals surface area contributed by atoms with E-state index >= 15 is 0 Å². The van der Waals surface area contributed by atoms with E-state index in [-0.39, 0.29) is 5.69 Å². The Morgan fingerprint density at radius 2 is 2.17 bits per heavy atom. The van der Waals surface area contributed by atoms with Crippen LogP contribution < -0.4 is 10.2 Å². The molecule has 0 aliphatic carbocycles. The van der Waals surface area contributed by atoms with Gasteiger partial charge in [0.1, 0.15) is 11.5 Å². The first-order valence-electron chi connectivity index (χ1n) is 9.94. The van der Waals surface area contributed by atoms with Crippen LogP contribution in [0.5, 0.6) is 0 Å². The SMILES string of the molecule is C=C/C(=C\NC)C1CCCN(c2cc(-c3cnc4ccc(C(F)F)nn34)ccn2)C1. The zero-order valence-corrected chi connectivity index (χ0v) is 16.8. The number of nitrogens with zero attached hydrogens (tertiary/aromatic N) is 5. The van der Waals surface area contributed by atoms with Crippen LogP contribution in [-0.4, -0.2) is 39.7 Å². The summed E-state index contributed by atoms with van der Waals surface area (Å²) in [6.45, 7) is 5.70. The van der Waals surface area contributed by atoms with Crippen LogP contribution in [0, 0.1) is 5.92 Å². The molecular weight excluding hydrogens is 386 g/mol. The van der Waals surface area contributed by atoms with Crippen molar-refractivity contribution in [2.24, 2.45) is 5.92 Å². The van der Waals surface area contributed by atoms with E-state index in [0.29, 0.717) is 17.3 Å². The Morgan fingerprint density at radius 3 is 2.93 bits per heavy atom. The van der Waals surface area contributed by atoms with Gasteiger partial charge in [-0.25, -0.2) is 23.3 Å². The number of fused-ring (bicyclic) bond motifs is 1. The molecule has 3 aromatic rings. The van der Waals surface area contributed by atoms with Crippen LogP contribution in [0.3, 0.4) is 0 Å². The minimum atomic E-state index is -2.63. The van der Waals surface area contributed by atoms with Gasteiger partial charge in [-0.1, -0.05) is 12.7 Å². The van der Waals surface area contributed by atoms with Crippen LogP contribution in [0.1, 0.15) is 25.0 Å². The van der Waals surface area contributed by atoms with Crippen molar-refractivity contribution >= 4 is 11.5 Å². The number of nitrogens with one attached hydrogen (secondary N) is 1. The van der Waals surface area contributed by atoms with Crippen LogP contribution >= 0.6 is 0 Å². The zero-order chi connectivity index (χ0) is 21.1. The van der Waals surface area contributed by atoms with Gasteiger partial charge in [-0.3, -0.25) is 0 Å². The molecule has 1 aliphatic heterocycles. The van der Waals surface area contributed by atoms with Crippen molar-refractivity contribution in [1.82, 2.24) is 24.9 Å². The number of hydrogen-bond donors (Lipinski definition) is 1. The number of alkyl halides is 2. The third-order valence-corrected chi connectivity index (χ3v) is 5.41. The van der Waals surface area contributed by atoms with E-state index in [1.165, 1.54) is 16.2 Å². The average Bonchev–Trinajstić information content (AvgIpc) is 3.21. The molecule has 8 heteroatoms. The zero-order valence-electron chi connectivity index (χ0n) is 16.8. The smallest absolute Gasteiger partial charge is 0.282 e. The third-order valence-electron chi connectivity index (χ3n) is 5.41. The highest BCUT2D eigenvalue weighted by atomic mass is 19.3. The summed E-state index contributed by atoms with van der Waals surface area (Å²) in [6.07, 6.45) is 6.81. The van der Waals surface area contributed by atoms with Gasteiger partial charge in [0.25, 0.3) is 6.43 Å². The molecule has 1 unspecified atom stereocenters. The molecule has 1 fully saturated rings. The maximum atomic E-state index is 13.1. The minimum absolute atomic E-state index is 0.275. The van der Waals surface area contributed by atoms with Gasteiger partial charge in [-0.05, 0) is 48.9 Å². The highest BCUT2D eigenvalue weighted by molar-refractivity contribution is 5.66. The second-order valence-electron chi connectivity index (χ2n) is 7.30. The van der Waals surface area contributed by atoms with E-state index < -0.39 is 6.43 Å². The minimum Gasteiger partial charge on any atom is -0.394 e. The topological polar surface area (TPSA) is 58.3 Å². The van der Waals surface area contributed by atoms with Crippen molar-refractivity contribution in [3.8, 4) is 11.3 Å². The quantitative estimate of drug-likeness (QED) is 0.616.